The molecule has 2 aromatic rings. The van der Waals surface area contributed by atoms with Crippen molar-refractivity contribution in [3.8, 4) is 5.75 Å². The summed E-state index contributed by atoms with van der Waals surface area (Å²) >= 11 is 0. The zero-order valence-electron chi connectivity index (χ0n) is 11.9. The maximum Gasteiger partial charge on any atom is 0.279 e. The summed E-state index contributed by atoms with van der Waals surface area (Å²) in [4.78, 5) is 23.6. The van der Waals surface area contributed by atoms with Crippen molar-refractivity contribution >= 4 is 11.8 Å². The van der Waals surface area contributed by atoms with E-state index in [-0.39, 0.29) is 5.56 Å². The Hall–Kier alpha value is -2.89. The first-order valence-electron chi connectivity index (χ1n) is 6.64. The van der Waals surface area contributed by atoms with Crippen LogP contribution in [-0.2, 0) is 4.79 Å². The highest BCUT2D eigenvalue weighted by atomic mass is 19.1. The third-order valence-electron chi connectivity index (χ3n) is 2.83. The van der Waals surface area contributed by atoms with Crippen LogP contribution in [0.5, 0.6) is 5.75 Å². The molecule has 0 saturated heterocycles. The molecule has 0 aliphatic carbocycles. The molecule has 5 nitrogen and oxygen atoms in total. The molecule has 2 amide bonds. The summed E-state index contributed by atoms with van der Waals surface area (Å²) in [6.45, 7) is 1.56. The first-order valence-corrected chi connectivity index (χ1v) is 6.64. The molecule has 0 spiro atoms. The van der Waals surface area contributed by atoms with Gasteiger partial charge in [0.2, 0.25) is 0 Å². The van der Waals surface area contributed by atoms with E-state index in [1.807, 2.05) is 6.07 Å². The van der Waals surface area contributed by atoms with Crippen LogP contribution in [0.1, 0.15) is 17.3 Å². The van der Waals surface area contributed by atoms with Crippen LogP contribution in [0.15, 0.2) is 54.6 Å². The number of hydrogen-bond acceptors (Lipinski definition) is 3. The van der Waals surface area contributed by atoms with Gasteiger partial charge in [-0.25, -0.2) is 4.39 Å². The predicted octanol–water partition coefficient (Wildman–Crippen LogP) is 2.05. The van der Waals surface area contributed by atoms with E-state index >= 15 is 0 Å². The standard InChI is InChI=1S/C16H15FN2O3/c1-11(22-14-5-3-2-4-6-14)15(20)18-19-16(21)12-7-9-13(17)10-8-12/h2-11H,1H3,(H,18,20)(H,19,21)/t11-/m0/s1. The molecule has 0 heterocycles. The van der Waals surface area contributed by atoms with E-state index in [0.29, 0.717) is 5.75 Å². The molecule has 2 aromatic carbocycles. The third kappa shape index (κ3) is 4.31. The predicted molar refractivity (Wildman–Crippen MR) is 78.5 cm³/mol. The van der Waals surface area contributed by atoms with Gasteiger partial charge in [-0.2, -0.15) is 0 Å². The van der Waals surface area contributed by atoms with Gasteiger partial charge in [-0.3, -0.25) is 20.4 Å². The topological polar surface area (TPSA) is 67.4 Å². The lowest BCUT2D eigenvalue weighted by Crippen LogP contribution is -2.47. The number of hydrogen-bond donors (Lipinski definition) is 2. The molecule has 0 fully saturated rings. The molecule has 1 atom stereocenters. The summed E-state index contributed by atoms with van der Waals surface area (Å²) < 4.78 is 18.2. The average molecular weight is 302 g/mol. The fourth-order valence-electron chi connectivity index (χ4n) is 1.65. The molecule has 0 aliphatic rings. The minimum atomic E-state index is -0.782. The number of rotatable bonds is 4. The first-order chi connectivity index (χ1) is 10.6. The van der Waals surface area contributed by atoms with Crippen LogP contribution in [0.3, 0.4) is 0 Å². The second-order valence-corrected chi connectivity index (χ2v) is 4.52. The highest BCUT2D eigenvalue weighted by Gasteiger charge is 2.15. The van der Waals surface area contributed by atoms with E-state index in [4.69, 9.17) is 4.74 Å². The maximum absolute atomic E-state index is 12.8. The van der Waals surface area contributed by atoms with Crippen molar-refractivity contribution in [2.24, 2.45) is 0 Å². The molecular formula is C16H15FN2O3. The lowest BCUT2D eigenvalue weighted by molar-refractivity contribution is -0.128. The lowest BCUT2D eigenvalue weighted by Gasteiger charge is -2.15. The van der Waals surface area contributed by atoms with E-state index in [1.165, 1.54) is 12.1 Å². The van der Waals surface area contributed by atoms with Crippen LogP contribution in [0.4, 0.5) is 4.39 Å². The van der Waals surface area contributed by atoms with Crippen molar-refractivity contribution in [1.82, 2.24) is 10.9 Å². The van der Waals surface area contributed by atoms with Crippen molar-refractivity contribution < 1.29 is 18.7 Å². The van der Waals surface area contributed by atoms with Crippen LogP contribution in [0, 0.1) is 5.82 Å². The second-order valence-electron chi connectivity index (χ2n) is 4.52. The average Bonchev–Trinajstić information content (AvgIpc) is 2.53. The largest absolute Gasteiger partial charge is 0.481 e. The quantitative estimate of drug-likeness (QED) is 0.850. The second kappa shape index (κ2) is 7.21. The first kappa shape index (κ1) is 15.5. The van der Waals surface area contributed by atoms with Crippen LogP contribution in [0.25, 0.3) is 0 Å². The van der Waals surface area contributed by atoms with E-state index in [9.17, 15) is 14.0 Å². The van der Waals surface area contributed by atoms with Crippen LogP contribution >= 0.6 is 0 Å². The number of nitrogens with one attached hydrogen (secondary N) is 2. The van der Waals surface area contributed by atoms with Crippen molar-refractivity contribution in [1.29, 1.82) is 0 Å². The zero-order valence-corrected chi connectivity index (χ0v) is 11.9. The summed E-state index contributed by atoms with van der Waals surface area (Å²) in [7, 11) is 0. The number of benzene rings is 2. The molecule has 2 rings (SSSR count). The molecule has 114 valence electrons. The minimum absolute atomic E-state index is 0.235. The molecule has 0 aromatic heterocycles. The van der Waals surface area contributed by atoms with Crippen LogP contribution in [0.2, 0.25) is 0 Å². The Morgan fingerprint density at radius 3 is 2.27 bits per heavy atom. The molecule has 0 unspecified atom stereocenters. The van der Waals surface area contributed by atoms with Gasteiger partial charge in [0.25, 0.3) is 11.8 Å². The third-order valence-corrected chi connectivity index (χ3v) is 2.83. The van der Waals surface area contributed by atoms with E-state index in [2.05, 4.69) is 10.9 Å². The lowest BCUT2D eigenvalue weighted by atomic mass is 10.2. The Balaban J connectivity index is 1.84. The summed E-state index contributed by atoms with van der Waals surface area (Å²) in [5.74, 6) is -0.931. The number of ether oxygens (including phenoxy) is 1. The van der Waals surface area contributed by atoms with Crippen LogP contribution < -0.4 is 15.6 Å². The molecule has 0 aliphatic heterocycles. The van der Waals surface area contributed by atoms with Gasteiger partial charge < -0.3 is 4.74 Å². The van der Waals surface area contributed by atoms with Gasteiger partial charge in [-0.1, -0.05) is 18.2 Å². The SMILES string of the molecule is C[C@H](Oc1ccccc1)C(=O)NNC(=O)c1ccc(F)cc1. The monoisotopic (exact) mass is 302 g/mol. The summed E-state index contributed by atoms with van der Waals surface area (Å²) in [6.07, 6.45) is -0.782. The number of carbonyl (C=O) groups excluding carboxylic acids is 2. The maximum atomic E-state index is 12.8. The molecule has 22 heavy (non-hydrogen) atoms. The molecule has 0 saturated carbocycles. The number of amides is 2. The van der Waals surface area contributed by atoms with Crippen molar-refractivity contribution in [3.63, 3.8) is 0 Å². The Morgan fingerprint density at radius 1 is 1.00 bits per heavy atom. The van der Waals surface area contributed by atoms with Crippen molar-refractivity contribution in [2.45, 2.75) is 13.0 Å². The summed E-state index contributed by atoms with van der Waals surface area (Å²) in [6, 6.07) is 13.8. The molecule has 0 radical (unpaired) electrons. The van der Waals surface area contributed by atoms with Gasteiger partial charge in [0.1, 0.15) is 11.6 Å². The normalized spacial score (nSPS) is 11.4. The van der Waals surface area contributed by atoms with Gasteiger partial charge in [-0.05, 0) is 43.3 Å². The Morgan fingerprint density at radius 2 is 1.64 bits per heavy atom. The molecule has 6 heteroatoms. The minimum Gasteiger partial charge on any atom is -0.481 e. The van der Waals surface area contributed by atoms with E-state index in [0.717, 1.165) is 12.1 Å². The molecule has 2 N–H and O–H groups in total. The number of hydrazine groups is 1. The van der Waals surface area contributed by atoms with Gasteiger partial charge in [-0.15, -0.1) is 0 Å². The molecule has 0 bridgehead atoms. The highest BCUT2D eigenvalue weighted by Crippen LogP contribution is 2.10. The van der Waals surface area contributed by atoms with Gasteiger partial charge in [0, 0.05) is 5.56 Å². The zero-order chi connectivity index (χ0) is 15.9. The van der Waals surface area contributed by atoms with Gasteiger partial charge in [0.15, 0.2) is 6.10 Å². The smallest absolute Gasteiger partial charge is 0.279 e. The highest BCUT2D eigenvalue weighted by molar-refractivity contribution is 5.95. The number of para-hydroxylation sites is 1. The van der Waals surface area contributed by atoms with Crippen molar-refractivity contribution in [3.05, 3.63) is 66.0 Å². The fraction of sp³-hybridized carbons (Fsp3) is 0.125. The fourth-order valence-corrected chi connectivity index (χ4v) is 1.65. The summed E-state index contributed by atoms with van der Waals surface area (Å²) in [5, 5.41) is 0. The Kier molecular flexibility index (Phi) is 5.08. The Bertz CT molecular complexity index is 644. The molecular weight excluding hydrogens is 287 g/mol. The van der Waals surface area contributed by atoms with E-state index < -0.39 is 23.7 Å². The number of carbonyl (C=O) groups is 2. The van der Waals surface area contributed by atoms with Gasteiger partial charge >= 0.3 is 0 Å². The van der Waals surface area contributed by atoms with Crippen molar-refractivity contribution in [2.75, 3.05) is 0 Å². The van der Waals surface area contributed by atoms with E-state index in [1.54, 1.807) is 31.2 Å². The van der Waals surface area contributed by atoms with Gasteiger partial charge in [0.05, 0.1) is 0 Å². The summed E-state index contributed by atoms with van der Waals surface area (Å²) in [5.41, 5.74) is 4.74. The van der Waals surface area contributed by atoms with Crippen LogP contribution in [-0.4, -0.2) is 17.9 Å². The Labute approximate surface area is 127 Å². The number of halogens is 1.